The number of carboxylic acids is 1. The normalized spacial score (nSPS) is 16.0. The molecule has 0 radical (unpaired) electrons. The van der Waals surface area contributed by atoms with Crippen LogP contribution in [0.5, 0.6) is 5.75 Å². The molecule has 0 saturated heterocycles. The Morgan fingerprint density at radius 2 is 2.30 bits per heavy atom. The molecule has 0 aliphatic carbocycles. The van der Waals surface area contributed by atoms with Crippen LogP contribution in [0.25, 0.3) is 0 Å². The lowest BCUT2D eigenvalue weighted by atomic mass is 9.99. The second-order valence-electron chi connectivity index (χ2n) is 5.62. The Morgan fingerprint density at radius 3 is 3.00 bits per heavy atom. The first-order valence-corrected chi connectivity index (χ1v) is 7.34. The summed E-state index contributed by atoms with van der Waals surface area (Å²) < 4.78 is 18.9. The minimum absolute atomic E-state index is 0.324. The molecule has 1 unspecified atom stereocenters. The Morgan fingerprint density at radius 1 is 1.52 bits per heavy atom. The molecule has 0 amide bonds. The number of carbonyl (C=O) groups is 1. The number of fused-ring (bicyclic) bond motifs is 1. The van der Waals surface area contributed by atoms with E-state index in [1.165, 1.54) is 25.3 Å². The molecule has 2 N–H and O–H groups in total. The average molecular weight is 319 g/mol. The van der Waals surface area contributed by atoms with E-state index >= 15 is 0 Å². The summed E-state index contributed by atoms with van der Waals surface area (Å²) in [5.74, 6) is -1.14. The van der Waals surface area contributed by atoms with Gasteiger partial charge in [0, 0.05) is 36.3 Å². The third kappa shape index (κ3) is 2.79. The van der Waals surface area contributed by atoms with E-state index in [9.17, 15) is 14.3 Å². The van der Waals surface area contributed by atoms with Crippen LogP contribution in [-0.2, 0) is 17.8 Å². The molecule has 1 aliphatic heterocycles. The lowest BCUT2D eigenvalue weighted by Crippen LogP contribution is -2.38. The van der Waals surface area contributed by atoms with E-state index in [4.69, 9.17) is 4.74 Å². The number of rotatable bonds is 4. The summed E-state index contributed by atoms with van der Waals surface area (Å²) in [7, 11) is 1.45. The van der Waals surface area contributed by atoms with Gasteiger partial charge in [0.15, 0.2) is 0 Å². The van der Waals surface area contributed by atoms with Crippen LogP contribution in [0.1, 0.15) is 28.6 Å². The summed E-state index contributed by atoms with van der Waals surface area (Å²) in [6.45, 7) is 2.90. The van der Waals surface area contributed by atoms with E-state index < -0.39 is 17.8 Å². The highest BCUT2D eigenvalue weighted by atomic mass is 19.1. The number of nitrogens with zero attached hydrogens (tertiary/aromatic N) is 2. The van der Waals surface area contributed by atoms with Crippen LogP contribution >= 0.6 is 0 Å². The molecule has 23 heavy (non-hydrogen) atoms. The molecular weight excluding hydrogens is 301 g/mol. The Balaban J connectivity index is 1.99. The van der Waals surface area contributed by atoms with Crippen molar-refractivity contribution in [1.82, 2.24) is 15.1 Å². The lowest BCUT2D eigenvalue weighted by Gasteiger charge is -2.32. The van der Waals surface area contributed by atoms with E-state index in [2.05, 4.69) is 10.2 Å². The number of halogens is 1. The molecule has 0 fully saturated rings. The van der Waals surface area contributed by atoms with Gasteiger partial charge in [0.05, 0.1) is 12.8 Å². The number of methoxy groups -OCH3 is 1. The zero-order valence-electron chi connectivity index (χ0n) is 13.0. The van der Waals surface area contributed by atoms with Crippen molar-refractivity contribution < 1.29 is 19.0 Å². The fourth-order valence-corrected chi connectivity index (χ4v) is 3.08. The van der Waals surface area contributed by atoms with Crippen LogP contribution in [0.15, 0.2) is 18.2 Å². The summed E-state index contributed by atoms with van der Waals surface area (Å²) in [4.78, 5) is 13.7. The second-order valence-corrected chi connectivity index (χ2v) is 5.62. The minimum atomic E-state index is -1.03. The van der Waals surface area contributed by atoms with Crippen LogP contribution < -0.4 is 4.74 Å². The molecule has 0 spiro atoms. The highest BCUT2D eigenvalue weighted by molar-refractivity contribution is 5.77. The Labute approximate surface area is 132 Å². The van der Waals surface area contributed by atoms with E-state index in [1.807, 2.05) is 11.8 Å². The number of ether oxygens (including phenoxy) is 1. The molecule has 2 aromatic rings. The van der Waals surface area contributed by atoms with Gasteiger partial charge in [-0.15, -0.1) is 0 Å². The van der Waals surface area contributed by atoms with E-state index in [0.717, 1.165) is 17.0 Å². The molecule has 0 saturated carbocycles. The molecule has 1 aromatic carbocycles. The topological polar surface area (TPSA) is 78.5 Å². The number of hydrogen-bond acceptors (Lipinski definition) is 4. The standard InChI is InChI=1S/C16H18FN3O3/c1-9-12-8-20(6-5-13(12)19-18-9)15(16(21)22)11-7-10(17)3-4-14(11)23-2/h3-4,7,15H,5-6,8H2,1-2H3,(H,18,19)(H,21,22). The van der Waals surface area contributed by atoms with Crippen molar-refractivity contribution in [2.45, 2.75) is 25.9 Å². The number of aliphatic carboxylic acids is 1. The van der Waals surface area contributed by atoms with Crippen molar-refractivity contribution in [3.63, 3.8) is 0 Å². The van der Waals surface area contributed by atoms with E-state index in [1.54, 1.807) is 0 Å². The van der Waals surface area contributed by atoms with Gasteiger partial charge in [0.1, 0.15) is 17.6 Å². The van der Waals surface area contributed by atoms with Gasteiger partial charge in [0.2, 0.25) is 0 Å². The number of hydrogen-bond donors (Lipinski definition) is 2. The Bertz CT molecular complexity index is 744. The monoisotopic (exact) mass is 319 g/mol. The van der Waals surface area contributed by atoms with Gasteiger partial charge in [-0.1, -0.05) is 0 Å². The SMILES string of the molecule is COc1ccc(F)cc1C(C(=O)O)N1CCc2n[nH]c(C)c2C1. The predicted octanol–water partition coefficient (Wildman–Crippen LogP) is 2.05. The smallest absolute Gasteiger partial charge is 0.325 e. The van der Waals surface area contributed by atoms with Crippen LogP contribution in [0.4, 0.5) is 4.39 Å². The van der Waals surface area contributed by atoms with Crippen LogP contribution in [0.3, 0.4) is 0 Å². The fraction of sp³-hybridized carbons (Fsp3) is 0.375. The Hall–Kier alpha value is -2.41. The molecule has 1 aliphatic rings. The van der Waals surface area contributed by atoms with Crippen molar-refractivity contribution in [3.8, 4) is 5.75 Å². The fourth-order valence-electron chi connectivity index (χ4n) is 3.08. The van der Waals surface area contributed by atoms with Gasteiger partial charge in [-0.05, 0) is 25.1 Å². The van der Waals surface area contributed by atoms with E-state index in [-0.39, 0.29) is 0 Å². The van der Waals surface area contributed by atoms with Gasteiger partial charge in [-0.25, -0.2) is 4.39 Å². The quantitative estimate of drug-likeness (QED) is 0.902. The number of nitrogens with one attached hydrogen (secondary N) is 1. The summed E-state index contributed by atoms with van der Waals surface area (Å²) in [6.07, 6.45) is 0.654. The molecule has 122 valence electrons. The molecule has 3 rings (SSSR count). The van der Waals surface area contributed by atoms with Crippen molar-refractivity contribution in [2.24, 2.45) is 0 Å². The largest absolute Gasteiger partial charge is 0.496 e. The number of H-pyrrole nitrogens is 1. The summed E-state index contributed by atoms with van der Waals surface area (Å²) in [5.41, 5.74) is 3.23. The van der Waals surface area contributed by atoms with Gasteiger partial charge < -0.3 is 9.84 Å². The first-order chi connectivity index (χ1) is 11.0. The summed E-state index contributed by atoms with van der Waals surface area (Å²) in [6, 6.07) is 2.98. The molecule has 1 aromatic heterocycles. The van der Waals surface area contributed by atoms with Gasteiger partial charge in [-0.2, -0.15) is 5.10 Å². The maximum absolute atomic E-state index is 13.6. The highest BCUT2D eigenvalue weighted by Gasteiger charge is 2.33. The minimum Gasteiger partial charge on any atom is -0.496 e. The molecule has 7 heteroatoms. The number of benzene rings is 1. The second kappa shape index (κ2) is 6.00. The number of aromatic amines is 1. The first-order valence-electron chi connectivity index (χ1n) is 7.34. The van der Waals surface area contributed by atoms with E-state index in [0.29, 0.717) is 30.8 Å². The summed E-state index contributed by atoms with van der Waals surface area (Å²) >= 11 is 0. The molecule has 1 atom stereocenters. The molecule has 6 nitrogen and oxygen atoms in total. The van der Waals surface area contributed by atoms with Crippen LogP contribution in [0, 0.1) is 12.7 Å². The third-order valence-electron chi connectivity index (χ3n) is 4.24. The maximum atomic E-state index is 13.6. The zero-order chi connectivity index (χ0) is 16.6. The van der Waals surface area contributed by atoms with Crippen molar-refractivity contribution in [1.29, 1.82) is 0 Å². The first kappa shape index (κ1) is 15.5. The number of aryl methyl sites for hydroxylation is 1. The highest BCUT2D eigenvalue weighted by Crippen LogP contribution is 2.34. The van der Waals surface area contributed by atoms with Crippen molar-refractivity contribution in [2.75, 3.05) is 13.7 Å². The summed E-state index contributed by atoms with van der Waals surface area (Å²) in [5, 5.41) is 16.9. The van der Waals surface area contributed by atoms with Gasteiger partial charge >= 0.3 is 5.97 Å². The van der Waals surface area contributed by atoms with Crippen molar-refractivity contribution >= 4 is 5.97 Å². The molecule has 2 heterocycles. The zero-order valence-corrected chi connectivity index (χ0v) is 13.0. The maximum Gasteiger partial charge on any atom is 0.325 e. The number of carboxylic acid groups (broad SMARTS) is 1. The van der Waals surface area contributed by atoms with Gasteiger partial charge in [0.25, 0.3) is 0 Å². The number of aromatic nitrogens is 2. The predicted molar refractivity (Wildman–Crippen MR) is 80.8 cm³/mol. The third-order valence-corrected chi connectivity index (χ3v) is 4.24. The molecule has 0 bridgehead atoms. The lowest BCUT2D eigenvalue weighted by molar-refractivity contribution is -0.144. The van der Waals surface area contributed by atoms with Crippen LogP contribution in [0.2, 0.25) is 0 Å². The van der Waals surface area contributed by atoms with Crippen LogP contribution in [-0.4, -0.2) is 39.8 Å². The Kier molecular flexibility index (Phi) is 4.04. The van der Waals surface area contributed by atoms with Gasteiger partial charge in [-0.3, -0.25) is 14.8 Å². The molecular formula is C16H18FN3O3. The van der Waals surface area contributed by atoms with Crippen molar-refractivity contribution in [3.05, 3.63) is 46.5 Å². The average Bonchev–Trinajstić information content (AvgIpc) is 2.89.